The SMILES string of the molecule is O=Cc1ccccc1S(=O)(=O)n1c(C(=O)O)cc2occc21. The first-order chi connectivity index (χ1) is 10.5. The number of aromatic nitrogens is 1. The smallest absolute Gasteiger partial charge is 0.353 e. The molecule has 0 aliphatic carbocycles. The number of carboxylic acids is 1. The highest BCUT2D eigenvalue weighted by Gasteiger charge is 2.29. The van der Waals surface area contributed by atoms with Gasteiger partial charge in [-0.3, -0.25) is 4.79 Å². The van der Waals surface area contributed by atoms with Gasteiger partial charge in [0.1, 0.15) is 11.2 Å². The first kappa shape index (κ1) is 14.1. The predicted molar refractivity (Wildman–Crippen MR) is 75.6 cm³/mol. The van der Waals surface area contributed by atoms with Crippen LogP contribution in [0.1, 0.15) is 20.8 Å². The third-order valence-electron chi connectivity index (χ3n) is 3.16. The van der Waals surface area contributed by atoms with Gasteiger partial charge in [-0.2, -0.15) is 0 Å². The van der Waals surface area contributed by atoms with E-state index in [0.29, 0.717) is 10.3 Å². The second kappa shape index (κ2) is 4.85. The number of hydrogen-bond acceptors (Lipinski definition) is 5. The Labute approximate surface area is 124 Å². The van der Waals surface area contributed by atoms with E-state index in [-0.39, 0.29) is 21.6 Å². The molecule has 0 atom stereocenters. The summed E-state index contributed by atoms with van der Waals surface area (Å²) in [5.74, 6) is -1.42. The monoisotopic (exact) mass is 319 g/mol. The van der Waals surface area contributed by atoms with Crippen molar-refractivity contribution >= 4 is 33.4 Å². The van der Waals surface area contributed by atoms with E-state index in [1.165, 1.54) is 36.6 Å². The van der Waals surface area contributed by atoms with Gasteiger partial charge < -0.3 is 9.52 Å². The number of carbonyl (C=O) groups excluding carboxylic acids is 1. The molecule has 0 spiro atoms. The molecule has 0 saturated heterocycles. The lowest BCUT2D eigenvalue weighted by molar-refractivity contribution is 0.0689. The Morgan fingerprint density at radius 3 is 2.64 bits per heavy atom. The fourth-order valence-corrected chi connectivity index (χ4v) is 3.88. The van der Waals surface area contributed by atoms with Gasteiger partial charge in [-0.1, -0.05) is 18.2 Å². The normalized spacial score (nSPS) is 11.6. The highest BCUT2D eigenvalue weighted by Crippen LogP contribution is 2.27. The minimum atomic E-state index is -4.27. The van der Waals surface area contributed by atoms with Crippen LogP contribution in [-0.4, -0.2) is 29.8 Å². The number of carbonyl (C=O) groups is 2. The number of hydrogen-bond donors (Lipinski definition) is 1. The first-order valence-corrected chi connectivity index (χ1v) is 7.53. The maximum Gasteiger partial charge on any atom is 0.353 e. The molecule has 0 aliphatic rings. The van der Waals surface area contributed by atoms with Gasteiger partial charge in [0.05, 0.1) is 11.2 Å². The number of benzene rings is 1. The topological polar surface area (TPSA) is 107 Å². The van der Waals surface area contributed by atoms with Crippen LogP contribution < -0.4 is 0 Å². The largest absolute Gasteiger partial charge is 0.477 e. The summed E-state index contributed by atoms with van der Waals surface area (Å²) in [6.07, 6.45) is 1.66. The van der Waals surface area contributed by atoms with Crippen molar-refractivity contribution in [2.75, 3.05) is 0 Å². The summed E-state index contributed by atoms with van der Waals surface area (Å²) >= 11 is 0. The molecule has 0 bridgehead atoms. The van der Waals surface area contributed by atoms with E-state index in [2.05, 4.69) is 0 Å². The molecule has 8 heteroatoms. The number of rotatable bonds is 4. The van der Waals surface area contributed by atoms with Gasteiger partial charge >= 0.3 is 5.97 Å². The Hall–Kier alpha value is -2.87. The fraction of sp³-hybridized carbons (Fsp3) is 0. The van der Waals surface area contributed by atoms with Crippen LogP contribution in [0.15, 0.2) is 52.0 Å². The van der Waals surface area contributed by atoms with Crippen LogP contribution in [0.2, 0.25) is 0 Å². The van der Waals surface area contributed by atoms with Crippen molar-refractivity contribution < 1.29 is 27.5 Å². The van der Waals surface area contributed by atoms with Gasteiger partial charge in [0.25, 0.3) is 10.0 Å². The first-order valence-electron chi connectivity index (χ1n) is 6.09. The van der Waals surface area contributed by atoms with E-state index in [1.54, 1.807) is 0 Å². The molecule has 1 N–H and O–H groups in total. The quantitative estimate of drug-likeness (QED) is 0.737. The Morgan fingerprint density at radius 1 is 1.23 bits per heavy atom. The van der Waals surface area contributed by atoms with E-state index in [0.717, 1.165) is 6.07 Å². The Kier molecular flexibility index (Phi) is 3.10. The molecule has 22 heavy (non-hydrogen) atoms. The molecule has 0 saturated carbocycles. The fourth-order valence-electron chi connectivity index (χ4n) is 2.22. The second-order valence-electron chi connectivity index (χ2n) is 4.43. The van der Waals surface area contributed by atoms with Crippen molar-refractivity contribution in [3.63, 3.8) is 0 Å². The highest BCUT2D eigenvalue weighted by molar-refractivity contribution is 7.90. The molecule has 112 valence electrons. The lowest BCUT2D eigenvalue weighted by Gasteiger charge is -2.10. The van der Waals surface area contributed by atoms with Gasteiger partial charge in [0.15, 0.2) is 11.9 Å². The molecule has 0 unspecified atom stereocenters. The second-order valence-corrected chi connectivity index (χ2v) is 6.19. The predicted octanol–water partition coefficient (Wildman–Crippen LogP) is 1.98. The summed E-state index contributed by atoms with van der Waals surface area (Å²) in [6.45, 7) is 0. The van der Waals surface area contributed by atoms with Gasteiger partial charge in [-0.15, -0.1) is 0 Å². The van der Waals surface area contributed by atoms with Crippen LogP contribution in [0, 0.1) is 0 Å². The maximum absolute atomic E-state index is 12.8. The summed E-state index contributed by atoms with van der Waals surface area (Å²) in [6, 6.07) is 8.04. The van der Waals surface area contributed by atoms with E-state index >= 15 is 0 Å². The minimum Gasteiger partial charge on any atom is -0.477 e. The summed E-state index contributed by atoms with van der Waals surface area (Å²) in [5, 5.41) is 9.23. The molecule has 0 aliphatic heterocycles. The lowest BCUT2D eigenvalue weighted by Crippen LogP contribution is -2.19. The minimum absolute atomic E-state index is 0.0517. The molecule has 0 fully saturated rings. The number of carboxylic acid groups (broad SMARTS) is 1. The van der Waals surface area contributed by atoms with Crippen molar-refractivity contribution in [3.05, 3.63) is 53.9 Å². The van der Waals surface area contributed by atoms with Gasteiger partial charge in [-0.25, -0.2) is 17.2 Å². The van der Waals surface area contributed by atoms with Crippen LogP contribution >= 0.6 is 0 Å². The van der Waals surface area contributed by atoms with Crippen molar-refractivity contribution in [2.45, 2.75) is 4.90 Å². The Morgan fingerprint density at radius 2 is 1.95 bits per heavy atom. The number of aromatic carboxylic acids is 1. The summed E-state index contributed by atoms with van der Waals surface area (Å²) in [7, 11) is -4.27. The standard InChI is InChI=1S/C14H9NO6S/c16-8-9-3-1-2-4-13(9)22(19,20)15-10-5-6-21-12(10)7-11(15)14(17)18/h1-8H,(H,17,18). The van der Waals surface area contributed by atoms with Crippen molar-refractivity contribution in [1.29, 1.82) is 0 Å². The van der Waals surface area contributed by atoms with E-state index in [9.17, 15) is 23.1 Å². The average molecular weight is 319 g/mol. The molecule has 7 nitrogen and oxygen atoms in total. The van der Waals surface area contributed by atoms with Crippen molar-refractivity contribution in [3.8, 4) is 0 Å². The number of fused-ring (bicyclic) bond motifs is 1. The lowest BCUT2D eigenvalue weighted by atomic mass is 10.2. The number of nitrogens with zero attached hydrogens (tertiary/aromatic N) is 1. The van der Waals surface area contributed by atoms with Crippen molar-refractivity contribution in [1.82, 2.24) is 3.97 Å². The zero-order valence-electron chi connectivity index (χ0n) is 11.0. The van der Waals surface area contributed by atoms with E-state index in [4.69, 9.17) is 4.42 Å². The molecular weight excluding hydrogens is 310 g/mol. The third kappa shape index (κ3) is 1.92. The molecular formula is C14H9NO6S. The molecule has 1 aromatic carbocycles. The summed E-state index contributed by atoms with van der Waals surface area (Å²) in [4.78, 5) is 22.1. The van der Waals surface area contributed by atoms with E-state index in [1.807, 2.05) is 0 Å². The number of aldehydes is 1. The zero-order chi connectivity index (χ0) is 15.9. The third-order valence-corrected chi connectivity index (χ3v) is 4.96. The van der Waals surface area contributed by atoms with Crippen LogP contribution in [-0.2, 0) is 10.0 Å². The average Bonchev–Trinajstić information content (AvgIpc) is 3.07. The molecule has 2 heterocycles. The number of furan rings is 1. The molecule has 2 aromatic heterocycles. The molecule has 3 aromatic rings. The molecule has 0 radical (unpaired) electrons. The zero-order valence-corrected chi connectivity index (χ0v) is 11.8. The van der Waals surface area contributed by atoms with Crippen LogP contribution in [0.3, 0.4) is 0 Å². The van der Waals surface area contributed by atoms with Crippen LogP contribution in [0.4, 0.5) is 0 Å². The maximum atomic E-state index is 12.8. The van der Waals surface area contributed by atoms with Crippen molar-refractivity contribution in [2.24, 2.45) is 0 Å². The Balaban J connectivity index is 2.39. The van der Waals surface area contributed by atoms with Gasteiger partial charge in [-0.05, 0) is 6.07 Å². The van der Waals surface area contributed by atoms with Crippen LogP contribution in [0.25, 0.3) is 11.1 Å². The summed E-state index contributed by atoms with van der Waals surface area (Å²) in [5.41, 5.74) is -0.290. The van der Waals surface area contributed by atoms with Gasteiger partial charge in [0.2, 0.25) is 0 Å². The molecule has 0 amide bonds. The van der Waals surface area contributed by atoms with Crippen LogP contribution in [0.5, 0.6) is 0 Å². The molecule has 3 rings (SSSR count). The van der Waals surface area contributed by atoms with Gasteiger partial charge in [0, 0.05) is 17.7 Å². The highest BCUT2D eigenvalue weighted by atomic mass is 32.2. The Bertz CT molecular complexity index is 995. The van der Waals surface area contributed by atoms with E-state index < -0.39 is 21.7 Å². The summed E-state index contributed by atoms with van der Waals surface area (Å²) < 4.78 is 31.3.